The van der Waals surface area contributed by atoms with Gasteiger partial charge in [-0.15, -0.1) is 0 Å². The van der Waals surface area contributed by atoms with Crippen molar-refractivity contribution in [1.29, 1.82) is 0 Å². The van der Waals surface area contributed by atoms with Crippen molar-refractivity contribution in [3.63, 3.8) is 0 Å². The average molecular weight is 281 g/mol. The molecule has 0 fully saturated rings. The number of aromatic amines is 1. The van der Waals surface area contributed by atoms with Gasteiger partial charge in [0, 0.05) is 23.5 Å². The van der Waals surface area contributed by atoms with Crippen LogP contribution >= 0.6 is 0 Å². The van der Waals surface area contributed by atoms with E-state index in [1.807, 2.05) is 30.5 Å². The maximum absolute atomic E-state index is 11.7. The zero-order valence-corrected chi connectivity index (χ0v) is 11.4. The molecule has 0 unspecified atom stereocenters. The predicted molar refractivity (Wildman–Crippen MR) is 81.1 cm³/mol. The third kappa shape index (κ3) is 3.20. The summed E-state index contributed by atoms with van der Waals surface area (Å²) in [6.07, 6.45) is 6.04. The quantitative estimate of drug-likeness (QED) is 0.557. The Balaban J connectivity index is 1.54. The first-order valence-corrected chi connectivity index (χ1v) is 6.73. The number of aromatic nitrogens is 1. The lowest BCUT2D eigenvalue weighted by Gasteiger charge is -1.99. The van der Waals surface area contributed by atoms with Gasteiger partial charge in [-0.25, -0.2) is 5.43 Å². The Morgan fingerprint density at radius 3 is 3.05 bits per heavy atom. The van der Waals surface area contributed by atoms with Crippen LogP contribution < -0.4 is 5.43 Å². The van der Waals surface area contributed by atoms with Gasteiger partial charge in [0.2, 0.25) is 5.91 Å². The summed E-state index contributed by atoms with van der Waals surface area (Å²) in [4.78, 5) is 14.9. The molecule has 2 N–H and O–H groups in total. The van der Waals surface area contributed by atoms with Gasteiger partial charge >= 0.3 is 0 Å². The van der Waals surface area contributed by atoms with Gasteiger partial charge in [-0.2, -0.15) is 5.10 Å². The minimum absolute atomic E-state index is 0.122. The number of aryl methyl sites for hydroxylation is 1. The van der Waals surface area contributed by atoms with Crippen molar-refractivity contribution in [2.45, 2.75) is 12.8 Å². The summed E-state index contributed by atoms with van der Waals surface area (Å²) in [5.41, 5.74) is 4.71. The molecule has 0 aliphatic heterocycles. The van der Waals surface area contributed by atoms with Gasteiger partial charge in [0.15, 0.2) is 0 Å². The Morgan fingerprint density at radius 2 is 2.19 bits per heavy atom. The molecular weight excluding hydrogens is 266 g/mol. The number of furan rings is 1. The van der Waals surface area contributed by atoms with Gasteiger partial charge in [-0.1, -0.05) is 18.2 Å². The van der Waals surface area contributed by atoms with E-state index in [0.29, 0.717) is 18.6 Å². The summed E-state index contributed by atoms with van der Waals surface area (Å²) < 4.78 is 5.08. The second-order valence-electron chi connectivity index (χ2n) is 4.67. The average Bonchev–Trinajstić information content (AvgIpc) is 3.14. The molecule has 21 heavy (non-hydrogen) atoms. The normalized spacial score (nSPS) is 11.2. The minimum atomic E-state index is -0.122. The van der Waals surface area contributed by atoms with Gasteiger partial charge in [0.25, 0.3) is 0 Å². The van der Waals surface area contributed by atoms with Crippen LogP contribution in [0.1, 0.15) is 17.7 Å². The zero-order valence-electron chi connectivity index (χ0n) is 11.4. The van der Waals surface area contributed by atoms with E-state index in [4.69, 9.17) is 4.42 Å². The van der Waals surface area contributed by atoms with Crippen molar-refractivity contribution >= 4 is 23.0 Å². The summed E-state index contributed by atoms with van der Waals surface area (Å²) in [7, 11) is 0. The fraction of sp³-hybridized carbons (Fsp3) is 0.125. The Hall–Kier alpha value is -2.82. The predicted octanol–water partition coefficient (Wildman–Crippen LogP) is 2.84. The summed E-state index contributed by atoms with van der Waals surface area (Å²) in [6.45, 7) is 0. The standard InChI is InChI=1S/C16H15N3O2/c20-16(19-18-11-13-4-3-9-21-13)8-7-12-10-17-15-6-2-1-5-14(12)15/h1-6,9-11,17H,7-8H2,(H,19,20)/b18-11+. The third-order valence-electron chi connectivity index (χ3n) is 3.22. The fourth-order valence-corrected chi connectivity index (χ4v) is 2.18. The van der Waals surface area contributed by atoms with Crippen molar-refractivity contribution in [2.75, 3.05) is 0 Å². The highest BCUT2D eigenvalue weighted by atomic mass is 16.3. The van der Waals surface area contributed by atoms with Crippen molar-refractivity contribution in [3.8, 4) is 0 Å². The van der Waals surface area contributed by atoms with Gasteiger partial charge in [-0.05, 0) is 30.2 Å². The van der Waals surface area contributed by atoms with Crippen molar-refractivity contribution in [1.82, 2.24) is 10.4 Å². The zero-order chi connectivity index (χ0) is 14.5. The topological polar surface area (TPSA) is 70.4 Å². The van der Waals surface area contributed by atoms with E-state index in [1.54, 1.807) is 18.4 Å². The maximum atomic E-state index is 11.7. The molecule has 1 amide bonds. The lowest BCUT2D eigenvalue weighted by molar-refractivity contribution is -0.121. The highest BCUT2D eigenvalue weighted by Crippen LogP contribution is 2.18. The van der Waals surface area contributed by atoms with Crippen molar-refractivity contribution < 1.29 is 9.21 Å². The van der Waals surface area contributed by atoms with Gasteiger partial charge in [-0.3, -0.25) is 4.79 Å². The van der Waals surface area contributed by atoms with Crippen molar-refractivity contribution in [3.05, 3.63) is 60.2 Å². The summed E-state index contributed by atoms with van der Waals surface area (Å²) in [5.74, 6) is 0.481. The highest BCUT2D eigenvalue weighted by Gasteiger charge is 2.05. The van der Waals surface area contributed by atoms with Crippen LogP contribution in [0.25, 0.3) is 10.9 Å². The second-order valence-corrected chi connectivity index (χ2v) is 4.67. The molecule has 5 nitrogen and oxygen atoms in total. The Labute approximate surface area is 121 Å². The third-order valence-corrected chi connectivity index (χ3v) is 3.22. The first kappa shape index (κ1) is 13.2. The van der Waals surface area contributed by atoms with E-state index in [0.717, 1.165) is 16.5 Å². The number of hydrazone groups is 1. The van der Waals surface area contributed by atoms with Crippen LogP contribution in [-0.2, 0) is 11.2 Å². The molecule has 0 bridgehead atoms. The Kier molecular flexibility index (Phi) is 3.82. The van der Waals surface area contributed by atoms with E-state index in [2.05, 4.69) is 15.5 Å². The lowest BCUT2D eigenvalue weighted by Crippen LogP contribution is -2.17. The number of benzene rings is 1. The van der Waals surface area contributed by atoms with Gasteiger partial charge < -0.3 is 9.40 Å². The summed E-state index contributed by atoms with van der Waals surface area (Å²) in [6, 6.07) is 11.6. The molecule has 3 aromatic rings. The number of nitrogens with zero attached hydrogens (tertiary/aromatic N) is 1. The number of fused-ring (bicyclic) bond motifs is 1. The van der Waals surface area contributed by atoms with E-state index in [9.17, 15) is 4.79 Å². The van der Waals surface area contributed by atoms with Crippen LogP contribution in [0.15, 0.2) is 58.4 Å². The number of carbonyl (C=O) groups is 1. The molecule has 0 saturated carbocycles. The van der Waals surface area contributed by atoms with Crippen LogP contribution in [0.4, 0.5) is 0 Å². The molecule has 1 aromatic carbocycles. The first-order valence-electron chi connectivity index (χ1n) is 6.73. The monoisotopic (exact) mass is 281 g/mol. The molecule has 3 rings (SSSR count). The molecule has 0 aliphatic carbocycles. The molecule has 2 aromatic heterocycles. The van der Waals surface area contributed by atoms with Crippen LogP contribution in [0.2, 0.25) is 0 Å². The van der Waals surface area contributed by atoms with E-state index < -0.39 is 0 Å². The van der Waals surface area contributed by atoms with Crippen LogP contribution in [0.5, 0.6) is 0 Å². The second kappa shape index (κ2) is 6.09. The number of para-hydroxylation sites is 1. The number of carbonyl (C=O) groups excluding carboxylic acids is 1. The molecular formula is C16H15N3O2. The van der Waals surface area contributed by atoms with Gasteiger partial charge in [0.1, 0.15) is 5.76 Å². The molecule has 5 heteroatoms. The molecule has 0 saturated heterocycles. The number of rotatable bonds is 5. The van der Waals surface area contributed by atoms with Gasteiger partial charge in [0.05, 0.1) is 12.5 Å². The summed E-state index contributed by atoms with van der Waals surface area (Å²) >= 11 is 0. The van der Waals surface area contributed by atoms with E-state index in [1.165, 1.54) is 6.21 Å². The van der Waals surface area contributed by atoms with Crippen LogP contribution in [0, 0.1) is 0 Å². The smallest absolute Gasteiger partial charge is 0.240 e. The molecule has 0 atom stereocenters. The fourth-order valence-electron chi connectivity index (χ4n) is 2.18. The number of nitrogens with one attached hydrogen (secondary N) is 2. The lowest BCUT2D eigenvalue weighted by atomic mass is 10.1. The molecule has 0 radical (unpaired) electrons. The van der Waals surface area contributed by atoms with E-state index >= 15 is 0 Å². The minimum Gasteiger partial charge on any atom is -0.463 e. The Morgan fingerprint density at radius 1 is 1.29 bits per heavy atom. The molecule has 2 heterocycles. The van der Waals surface area contributed by atoms with Crippen LogP contribution in [-0.4, -0.2) is 17.1 Å². The molecule has 0 spiro atoms. The molecule has 0 aliphatic rings. The van der Waals surface area contributed by atoms with Crippen LogP contribution in [0.3, 0.4) is 0 Å². The number of hydrogen-bond donors (Lipinski definition) is 2. The highest BCUT2D eigenvalue weighted by molar-refractivity contribution is 5.84. The van der Waals surface area contributed by atoms with E-state index in [-0.39, 0.29) is 5.91 Å². The van der Waals surface area contributed by atoms with Crippen molar-refractivity contribution in [2.24, 2.45) is 5.10 Å². The first-order chi connectivity index (χ1) is 10.3. The Bertz CT molecular complexity index is 757. The maximum Gasteiger partial charge on any atom is 0.240 e. The largest absolute Gasteiger partial charge is 0.463 e. The number of H-pyrrole nitrogens is 1. The molecule has 106 valence electrons. The number of hydrogen-bond acceptors (Lipinski definition) is 3. The number of amides is 1. The SMILES string of the molecule is O=C(CCc1c[nH]c2ccccc12)N/N=C/c1ccco1. The summed E-state index contributed by atoms with van der Waals surface area (Å²) in [5, 5.41) is 5.01.